The van der Waals surface area contributed by atoms with Gasteiger partial charge in [0.2, 0.25) is 11.8 Å². The van der Waals surface area contributed by atoms with Gasteiger partial charge in [0.05, 0.1) is 7.11 Å². The van der Waals surface area contributed by atoms with Gasteiger partial charge >= 0.3 is 12.1 Å². The first-order valence-corrected chi connectivity index (χ1v) is 11.3. The summed E-state index contributed by atoms with van der Waals surface area (Å²) in [4.78, 5) is 52.3. The Morgan fingerprint density at radius 3 is 2.45 bits per heavy atom. The topological polar surface area (TPSA) is 114 Å². The number of carbonyl (C=O) groups excluding carboxylic acids is 4. The molecule has 180 valence electrons. The van der Waals surface area contributed by atoms with Crippen molar-refractivity contribution in [2.24, 2.45) is 5.92 Å². The van der Waals surface area contributed by atoms with Crippen LogP contribution in [0.25, 0.3) is 0 Å². The molecule has 2 saturated heterocycles. The zero-order valence-corrected chi connectivity index (χ0v) is 19.6. The smallest absolute Gasteiger partial charge is 0.410 e. The molecule has 9 nitrogen and oxygen atoms in total. The Labute approximate surface area is 194 Å². The number of nitrogens with one attached hydrogen (secondary N) is 2. The van der Waals surface area contributed by atoms with E-state index in [0.717, 1.165) is 5.56 Å². The first-order chi connectivity index (χ1) is 15.6. The van der Waals surface area contributed by atoms with E-state index in [2.05, 4.69) is 10.6 Å². The standard InChI is InChI=1S/C24H33N3O6/c1-24(2,3)33-23(31)27-13-11-17(15-8-6-5-7-9-15)19(27)21(29)26-18(22(30)32-4)14-16-10-12-25-20(16)28/h5-9,16-19H,10-14H2,1-4H3,(H,25,28)(H,26,29)/t16-,17+,18-,19-/m0/s1. The molecule has 2 fully saturated rings. The third kappa shape index (κ3) is 6.03. The van der Waals surface area contributed by atoms with Crippen LogP contribution in [0.2, 0.25) is 0 Å². The number of amides is 3. The van der Waals surface area contributed by atoms with Crippen LogP contribution in [-0.2, 0) is 23.9 Å². The summed E-state index contributed by atoms with van der Waals surface area (Å²) in [5.41, 5.74) is 0.210. The second kappa shape index (κ2) is 10.2. The summed E-state index contributed by atoms with van der Waals surface area (Å²) >= 11 is 0. The molecule has 2 heterocycles. The van der Waals surface area contributed by atoms with Crippen molar-refractivity contribution in [1.29, 1.82) is 0 Å². The van der Waals surface area contributed by atoms with Crippen molar-refractivity contribution in [2.45, 2.75) is 63.6 Å². The van der Waals surface area contributed by atoms with Gasteiger partial charge in [-0.15, -0.1) is 0 Å². The van der Waals surface area contributed by atoms with Gasteiger partial charge in [0.15, 0.2) is 0 Å². The fourth-order valence-corrected chi connectivity index (χ4v) is 4.46. The Balaban J connectivity index is 1.84. The summed E-state index contributed by atoms with van der Waals surface area (Å²) in [6, 6.07) is 7.65. The van der Waals surface area contributed by atoms with E-state index in [4.69, 9.17) is 9.47 Å². The molecule has 2 N–H and O–H groups in total. The van der Waals surface area contributed by atoms with Gasteiger partial charge in [-0.05, 0) is 45.6 Å². The van der Waals surface area contributed by atoms with Crippen molar-refractivity contribution in [3.05, 3.63) is 35.9 Å². The molecule has 0 bridgehead atoms. The van der Waals surface area contributed by atoms with E-state index in [0.29, 0.717) is 25.9 Å². The number of esters is 1. The Hall–Kier alpha value is -3.10. The van der Waals surface area contributed by atoms with Gasteiger partial charge in [-0.25, -0.2) is 9.59 Å². The van der Waals surface area contributed by atoms with Crippen LogP contribution in [0, 0.1) is 5.92 Å². The molecule has 2 aliphatic rings. The van der Waals surface area contributed by atoms with Crippen LogP contribution in [0.4, 0.5) is 4.79 Å². The first kappa shape index (κ1) is 24.5. The highest BCUT2D eigenvalue weighted by Crippen LogP contribution is 2.35. The second-order valence-corrected chi connectivity index (χ2v) is 9.52. The molecule has 2 aliphatic heterocycles. The van der Waals surface area contributed by atoms with E-state index < -0.39 is 35.7 Å². The molecular weight excluding hydrogens is 426 g/mol. The number of ether oxygens (including phenoxy) is 2. The van der Waals surface area contributed by atoms with Gasteiger partial charge < -0.3 is 20.1 Å². The van der Waals surface area contributed by atoms with Gasteiger partial charge in [0.1, 0.15) is 17.7 Å². The van der Waals surface area contributed by atoms with Gasteiger partial charge in [0.25, 0.3) is 0 Å². The molecule has 9 heteroatoms. The van der Waals surface area contributed by atoms with Crippen LogP contribution in [-0.4, -0.2) is 66.7 Å². The third-order valence-electron chi connectivity index (χ3n) is 6.01. The number of hydrogen-bond acceptors (Lipinski definition) is 6. The molecule has 0 spiro atoms. The van der Waals surface area contributed by atoms with Gasteiger partial charge in [-0.2, -0.15) is 0 Å². The predicted molar refractivity (Wildman–Crippen MR) is 120 cm³/mol. The lowest BCUT2D eigenvalue weighted by atomic mass is 9.90. The van der Waals surface area contributed by atoms with Crippen molar-refractivity contribution in [3.8, 4) is 0 Å². The molecule has 0 unspecified atom stereocenters. The van der Waals surface area contributed by atoms with E-state index in [9.17, 15) is 19.2 Å². The Bertz CT molecular complexity index is 882. The molecule has 3 rings (SSSR count). The maximum absolute atomic E-state index is 13.5. The fraction of sp³-hybridized carbons (Fsp3) is 0.583. The molecule has 0 radical (unpaired) electrons. The third-order valence-corrected chi connectivity index (χ3v) is 6.01. The van der Waals surface area contributed by atoms with E-state index in [1.807, 2.05) is 30.3 Å². The summed E-state index contributed by atoms with van der Waals surface area (Å²) < 4.78 is 10.4. The Morgan fingerprint density at radius 2 is 1.88 bits per heavy atom. The van der Waals surface area contributed by atoms with Crippen molar-refractivity contribution in [1.82, 2.24) is 15.5 Å². The van der Waals surface area contributed by atoms with E-state index in [1.54, 1.807) is 20.8 Å². The summed E-state index contributed by atoms with van der Waals surface area (Å²) in [7, 11) is 1.24. The molecule has 0 aromatic heterocycles. The van der Waals surface area contributed by atoms with Crippen LogP contribution in [0.1, 0.15) is 51.5 Å². The summed E-state index contributed by atoms with van der Waals surface area (Å²) in [5.74, 6) is -1.88. The Morgan fingerprint density at radius 1 is 1.18 bits per heavy atom. The lowest BCUT2D eigenvalue weighted by Crippen LogP contribution is -2.53. The molecule has 0 saturated carbocycles. The highest BCUT2D eigenvalue weighted by atomic mass is 16.6. The molecule has 33 heavy (non-hydrogen) atoms. The van der Waals surface area contributed by atoms with Gasteiger partial charge in [-0.1, -0.05) is 30.3 Å². The van der Waals surface area contributed by atoms with Crippen LogP contribution in [0.15, 0.2) is 30.3 Å². The maximum Gasteiger partial charge on any atom is 0.410 e. The van der Waals surface area contributed by atoms with Crippen molar-refractivity contribution < 1.29 is 28.7 Å². The zero-order chi connectivity index (χ0) is 24.2. The number of nitrogens with zero attached hydrogens (tertiary/aromatic N) is 1. The minimum atomic E-state index is -0.992. The average molecular weight is 460 g/mol. The minimum absolute atomic E-state index is 0.138. The highest BCUT2D eigenvalue weighted by Gasteiger charge is 2.45. The van der Waals surface area contributed by atoms with E-state index >= 15 is 0 Å². The van der Waals surface area contributed by atoms with Gasteiger partial charge in [0, 0.05) is 24.9 Å². The largest absolute Gasteiger partial charge is 0.467 e. The van der Waals surface area contributed by atoms with Crippen LogP contribution < -0.4 is 10.6 Å². The number of benzene rings is 1. The lowest BCUT2D eigenvalue weighted by Gasteiger charge is -2.31. The highest BCUT2D eigenvalue weighted by molar-refractivity contribution is 5.91. The predicted octanol–water partition coefficient (Wildman–Crippen LogP) is 1.96. The van der Waals surface area contributed by atoms with Crippen LogP contribution >= 0.6 is 0 Å². The number of rotatable bonds is 6. The van der Waals surface area contributed by atoms with Crippen molar-refractivity contribution in [2.75, 3.05) is 20.2 Å². The molecule has 4 atom stereocenters. The van der Waals surface area contributed by atoms with Crippen LogP contribution in [0.3, 0.4) is 0 Å². The lowest BCUT2D eigenvalue weighted by molar-refractivity contribution is -0.146. The molecule has 1 aromatic rings. The first-order valence-electron chi connectivity index (χ1n) is 11.3. The van der Waals surface area contributed by atoms with Crippen LogP contribution in [0.5, 0.6) is 0 Å². The second-order valence-electron chi connectivity index (χ2n) is 9.52. The monoisotopic (exact) mass is 459 g/mol. The average Bonchev–Trinajstić information content (AvgIpc) is 3.38. The number of methoxy groups -OCH3 is 1. The molecule has 1 aromatic carbocycles. The van der Waals surface area contributed by atoms with E-state index in [1.165, 1.54) is 12.0 Å². The SMILES string of the molecule is COC(=O)[C@H](C[C@@H]1CCNC1=O)NC(=O)[C@@H]1[C@@H](c2ccccc2)CCN1C(=O)OC(C)(C)C. The van der Waals surface area contributed by atoms with E-state index in [-0.39, 0.29) is 24.2 Å². The quantitative estimate of drug-likeness (QED) is 0.629. The maximum atomic E-state index is 13.5. The normalized spacial score (nSPS) is 23.6. The summed E-state index contributed by atoms with van der Waals surface area (Å²) in [6.45, 7) is 6.19. The zero-order valence-electron chi connectivity index (χ0n) is 19.6. The number of hydrogen-bond donors (Lipinski definition) is 2. The minimum Gasteiger partial charge on any atom is -0.467 e. The van der Waals surface area contributed by atoms with Gasteiger partial charge in [-0.3, -0.25) is 14.5 Å². The fourth-order valence-electron chi connectivity index (χ4n) is 4.46. The summed E-state index contributed by atoms with van der Waals surface area (Å²) in [5, 5.41) is 5.50. The summed E-state index contributed by atoms with van der Waals surface area (Å²) in [6.07, 6.45) is 0.725. The Kier molecular flexibility index (Phi) is 7.61. The molecule has 3 amide bonds. The molecular formula is C24H33N3O6. The number of likely N-dealkylation sites (tertiary alicyclic amines) is 1. The van der Waals surface area contributed by atoms with Crippen molar-refractivity contribution >= 4 is 23.9 Å². The molecule has 0 aliphatic carbocycles. The van der Waals surface area contributed by atoms with Crippen molar-refractivity contribution in [3.63, 3.8) is 0 Å². The number of carbonyl (C=O) groups is 4.